The summed E-state index contributed by atoms with van der Waals surface area (Å²) in [6, 6.07) is 7.98. The highest BCUT2D eigenvalue weighted by atomic mass is 16.5. The van der Waals surface area contributed by atoms with E-state index in [-0.39, 0.29) is 16.7 Å². The fraction of sp³-hybridized carbons (Fsp3) is 0.611. The maximum absolute atomic E-state index is 13.0. The van der Waals surface area contributed by atoms with Gasteiger partial charge in [0.05, 0.1) is 6.61 Å². The van der Waals surface area contributed by atoms with Crippen molar-refractivity contribution < 1.29 is 9.53 Å². The Kier molecular flexibility index (Phi) is 2.47. The number of nitrogens with one attached hydrogen (secondary N) is 1. The maximum atomic E-state index is 13.0. The molecule has 3 fully saturated rings. The fourth-order valence-electron chi connectivity index (χ4n) is 5.13. The molecule has 4 atom stereocenters. The van der Waals surface area contributed by atoms with E-state index in [9.17, 15) is 4.79 Å². The first-order chi connectivity index (χ1) is 9.91. The standard InChI is InChI=1S/C18H23NO2/c1-12-4-6-14(7-5-12)19-15(20)18-10-13-8-9-17(18,3)16(13,2)11-21-18/h4-7,13H,8-11H2,1-3H3,(H,19,20). The number of ether oxygens (including phenoxy) is 1. The first-order valence-corrected chi connectivity index (χ1v) is 7.93. The molecule has 0 spiro atoms. The summed E-state index contributed by atoms with van der Waals surface area (Å²) in [5.74, 6) is 0.694. The van der Waals surface area contributed by atoms with Crippen LogP contribution in [0.1, 0.15) is 38.7 Å². The van der Waals surface area contributed by atoms with E-state index >= 15 is 0 Å². The SMILES string of the molecule is Cc1ccc(NC(=O)C23CC4CCC2(C)C4(C)CO3)cc1. The normalized spacial score (nSPS) is 43.3. The zero-order chi connectivity index (χ0) is 14.9. The largest absolute Gasteiger partial charge is 0.364 e. The van der Waals surface area contributed by atoms with E-state index in [0.29, 0.717) is 5.92 Å². The number of carbonyl (C=O) groups excluding carboxylic acids is 1. The average Bonchev–Trinajstić information content (AvgIpc) is 2.93. The molecular weight excluding hydrogens is 262 g/mol. The van der Waals surface area contributed by atoms with Gasteiger partial charge >= 0.3 is 0 Å². The lowest BCUT2D eigenvalue weighted by molar-refractivity contribution is -0.149. The number of aryl methyl sites for hydroxylation is 1. The van der Waals surface area contributed by atoms with Gasteiger partial charge in [0.2, 0.25) is 0 Å². The van der Waals surface area contributed by atoms with Crippen molar-refractivity contribution in [1.82, 2.24) is 0 Å². The summed E-state index contributed by atoms with van der Waals surface area (Å²) in [7, 11) is 0. The van der Waals surface area contributed by atoms with Gasteiger partial charge in [0.15, 0.2) is 5.60 Å². The second-order valence-electron chi connectivity index (χ2n) is 7.63. The lowest BCUT2D eigenvalue weighted by atomic mass is 9.66. The van der Waals surface area contributed by atoms with E-state index in [1.807, 2.05) is 31.2 Å². The molecule has 4 rings (SSSR count). The van der Waals surface area contributed by atoms with Crippen LogP contribution in [-0.2, 0) is 9.53 Å². The molecule has 1 amide bonds. The van der Waals surface area contributed by atoms with E-state index in [1.54, 1.807) is 0 Å². The van der Waals surface area contributed by atoms with Crippen LogP contribution in [0.2, 0.25) is 0 Å². The van der Waals surface area contributed by atoms with Crippen molar-refractivity contribution in [2.45, 2.75) is 45.6 Å². The minimum atomic E-state index is -0.616. The van der Waals surface area contributed by atoms with Crippen LogP contribution in [0, 0.1) is 23.7 Å². The van der Waals surface area contributed by atoms with Crippen LogP contribution < -0.4 is 5.32 Å². The molecule has 2 aliphatic carbocycles. The molecule has 3 heteroatoms. The van der Waals surface area contributed by atoms with Gasteiger partial charge < -0.3 is 10.1 Å². The highest BCUT2D eigenvalue weighted by Crippen LogP contribution is 2.75. The summed E-state index contributed by atoms with van der Waals surface area (Å²) >= 11 is 0. The molecule has 1 saturated heterocycles. The zero-order valence-electron chi connectivity index (χ0n) is 13.0. The van der Waals surface area contributed by atoms with Crippen LogP contribution in [0.3, 0.4) is 0 Å². The number of rotatable bonds is 2. The van der Waals surface area contributed by atoms with Crippen molar-refractivity contribution in [3.05, 3.63) is 29.8 Å². The fourth-order valence-corrected chi connectivity index (χ4v) is 5.13. The zero-order valence-corrected chi connectivity index (χ0v) is 13.0. The Morgan fingerprint density at radius 2 is 2.00 bits per heavy atom. The van der Waals surface area contributed by atoms with Crippen LogP contribution in [0.4, 0.5) is 5.69 Å². The number of benzene rings is 1. The van der Waals surface area contributed by atoms with E-state index in [1.165, 1.54) is 12.0 Å². The predicted octanol–water partition coefficient (Wildman–Crippen LogP) is 3.53. The Labute approximate surface area is 126 Å². The number of hydrogen-bond donors (Lipinski definition) is 1. The van der Waals surface area contributed by atoms with Crippen molar-refractivity contribution in [2.24, 2.45) is 16.7 Å². The van der Waals surface area contributed by atoms with Crippen molar-refractivity contribution >= 4 is 11.6 Å². The molecule has 21 heavy (non-hydrogen) atoms. The highest BCUT2D eigenvalue weighted by molar-refractivity contribution is 5.99. The minimum absolute atomic E-state index is 0.0144. The Bertz CT molecular complexity index is 610. The van der Waals surface area contributed by atoms with Crippen LogP contribution in [0.15, 0.2) is 24.3 Å². The number of anilines is 1. The first kappa shape index (κ1) is 13.3. The quantitative estimate of drug-likeness (QED) is 0.902. The highest BCUT2D eigenvalue weighted by Gasteiger charge is 2.78. The average molecular weight is 285 g/mol. The first-order valence-electron chi connectivity index (χ1n) is 7.93. The summed E-state index contributed by atoms with van der Waals surface area (Å²) in [5.41, 5.74) is 1.61. The van der Waals surface area contributed by atoms with Crippen molar-refractivity contribution in [2.75, 3.05) is 11.9 Å². The third kappa shape index (κ3) is 1.41. The lowest BCUT2D eigenvalue weighted by Crippen LogP contribution is -2.52. The summed E-state index contributed by atoms with van der Waals surface area (Å²) in [6.45, 7) is 7.36. The van der Waals surface area contributed by atoms with Gasteiger partial charge in [-0.25, -0.2) is 0 Å². The van der Waals surface area contributed by atoms with Crippen molar-refractivity contribution in [3.8, 4) is 0 Å². The van der Waals surface area contributed by atoms with E-state index in [2.05, 4.69) is 19.2 Å². The molecule has 3 aliphatic rings. The van der Waals surface area contributed by atoms with Crippen LogP contribution in [0.25, 0.3) is 0 Å². The summed E-state index contributed by atoms with van der Waals surface area (Å²) in [5, 5.41) is 3.09. The van der Waals surface area contributed by atoms with Crippen molar-refractivity contribution in [1.29, 1.82) is 0 Å². The van der Waals surface area contributed by atoms with Crippen LogP contribution in [-0.4, -0.2) is 18.1 Å². The Hall–Kier alpha value is -1.35. The van der Waals surface area contributed by atoms with Gasteiger partial charge in [-0.1, -0.05) is 31.5 Å². The molecule has 3 nitrogen and oxygen atoms in total. The maximum Gasteiger partial charge on any atom is 0.257 e. The molecule has 1 aromatic carbocycles. The van der Waals surface area contributed by atoms with Gasteiger partial charge in [0.1, 0.15) is 0 Å². The Morgan fingerprint density at radius 3 is 2.62 bits per heavy atom. The van der Waals surface area contributed by atoms with Crippen LogP contribution in [0.5, 0.6) is 0 Å². The Morgan fingerprint density at radius 1 is 1.29 bits per heavy atom. The topological polar surface area (TPSA) is 38.3 Å². The molecule has 1 aliphatic heterocycles. The molecule has 0 radical (unpaired) electrons. The predicted molar refractivity (Wildman–Crippen MR) is 82.0 cm³/mol. The van der Waals surface area contributed by atoms with Crippen LogP contribution >= 0.6 is 0 Å². The summed E-state index contributed by atoms with van der Waals surface area (Å²) in [4.78, 5) is 13.0. The van der Waals surface area contributed by atoms with Gasteiger partial charge in [-0.2, -0.15) is 0 Å². The monoisotopic (exact) mass is 285 g/mol. The summed E-state index contributed by atoms with van der Waals surface area (Å²) < 4.78 is 6.13. The van der Waals surface area contributed by atoms with E-state index < -0.39 is 5.60 Å². The molecule has 1 N–H and O–H groups in total. The van der Waals surface area contributed by atoms with E-state index in [4.69, 9.17) is 4.74 Å². The molecule has 4 bridgehead atoms. The van der Waals surface area contributed by atoms with Gasteiger partial charge in [-0.3, -0.25) is 4.79 Å². The smallest absolute Gasteiger partial charge is 0.257 e. The van der Waals surface area contributed by atoms with Gasteiger partial charge in [0.25, 0.3) is 5.91 Å². The number of hydrogen-bond acceptors (Lipinski definition) is 2. The second-order valence-corrected chi connectivity index (χ2v) is 7.63. The summed E-state index contributed by atoms with van der Waals surface area (Å²) in [6.07, 6.45) is 3.24. The molecule has 4 unspecified atom stereocenters. The van der Waals surface area contributed by atoms with Gasteiger partial charge in [-0.05, 0) is 44.2 Å². The minimum Gasteiger partial charge on any atom is -0.364 e. The van der Waals surface area contributed by atoms with Gasteiger partial charge in [-0.15, -0.1) is 0 Å². The van der Waals surface area contributed by atoms with E-state index in [0.717, 1.165) is 25.1 Å². The Balaban J connectivity index is 1.65. The lowest BCUT2D eigenvalue weighted by Gasteiger charge is -2.40. The third-order valence-corrected chi connectivity index (χ3v) is 6.87. The molecular formula is C18H23NO2. The molecule has 0 aromatic heterocycles. The molecule has 2 saturated carbocycles. The number of carbonyl (C=O) groups is 1. The molecule has 1 aromatic rings. The van der Waals surface area contributed by atoms with Crippen molar-refractivity contribution in [3.63, 3.8) is 0 Å². The third-order valence-electron chi connectivity index (χ3n) is 6.87. The molecule has 1 heterocycles. The van der Waals surface area contributed by atoms with Gasteiger partial charge in [0, 0.05) is 16.5 Å². The second kappa shape index (κ2) is 3.89. The number of amides is 1. The molecule has 112 valence electrons.